The van der Waals surface area contributed by atoms with Crippen LogP contribution in [-0.2, 0) is 16.6 Å². The fraction of sp³-hybridized carbons (Fsp3) is 0.0333. The number of imidazole rings is 1. The lowest BCUT2D eigenvalue weighted by molar-refractivity contribution is 0.392. The first kappa shape index (κ1) is 27.4. The van der Waals surface area contributed by atoms with E-state index in [0.29, 0.717) is 27.8 Å². The minimum atomic E-state index is -3.89. The van der Waals surface area contributed by atoms with Gasteiger partial charge in [0.15, 0.2) is 0 Å². The molecule has 41 heavy (non-hydrogen) atoms. The van der Waals surface area contributed by atoms with Gasteiger partial charge in [-0.15, -0.1) is 0 Å². The molecule has 11 heteroatoms. The average molecular weight is 668 g/mol. The van der Waals surface area contributed by atoms with Gasteiger partial charge in [0.1, 0.15) is 5.82 Å². The van der Waals surface area contributed by atoms with Gasteiger partial charge in [-0.25, -0.2) is 14.0 Å². The fourth-order valence-electron chi connectivity index (χ4n) is 4.60. The Kier molecular flexibility index (Phi) is 7.29. The van der Waals surface area contributed by atoms with Gasteiger partial charge in [-0.2, -0.15) is 8.42 Å². The van der Waals surface area contributed by atoms with Crippen LogP contribution in [0.25, 0.3) is 28.1 Å². The smallest absolute Gasteiger partial charge is 0.330 e. The van der Waals surface area contributed by atoms with Crippen molar-refractivity contribution in [2.45, 2.75) is 6.42 Å². The van der Waals surface area contributed by atoms with Gasteiger partial charge in [0.05, 0.1) is 22.6 Å². The molecule has 0 spiro atoms. The van der Waals surface area contributed by atoms with Crippen molar-refractivity contribution in [2.75, 3.05) is 4.31 Å². The Morgan fingerprint density at radius 2 is 1.49 bits per heavy atom. The highest BCUT2D eigenvalue weighted by atomic mass is 79.9. The molecule has 0 amide bonds. The first-order chi connectivity index (χ1) is 19.7. The number of hydrogen-bond acceptors (Lipinski definition) is 4. The molecule has 0 bridgehead atoms. The van der Waals surface area contributed by atoms with E-state index in [2.05, 4.69) is 52.3 Å². The van der Waals surface area contributed by atoms with Crippen LogP contribution < -0.4 is 9.03 Å². The summed E-state index contributed by atoms with van der Waals surface area (Å²) in [7, 11) is -3.89. The highest BCUT2D eigenvalue weighted by Gasteiger charge is 2.28. The molecule has 0 radical (unpaired) electrons. The van der Waals surface area contributed by atoms with Gasteiger partial charge in [0.2, 0.25) is 5.88 Å². The first-order valence-electron chi connectivity index (χ1n) is 12.4. The van der Waals surface area contributed by atoms with E-state index in [1.54, 1.807) is 36.4 Å². The van der Waals surface area contributed by atoms with Gasteiger partial charge >= 0.3 is 10.2 Å². The van der Waals surface area contributed by atoms with Crippen LogP contribution in [0.4, 0.5) is 5.69 Å². The van der Waals surface area contributed by atoms with Crippen molar-refractivity contribution >= 4 is 55.0 Å². The summed E-state index contributed by atoms with van der Waals surface area (Å²) in [5, 5.41) is 10.7. The molecule has 0 aliphatic carbocycles. The Labute approximate surface area is 255 Å². The normalized spacial score (nSPS) is 14.1. The average Bonchev–Trinajstić information content (AvgIpc) is 3.48. The molecule has 6 rings (SSSR count). The summed E-state index contributed by atoms with van der Waals surface area (Å²) < 4.78 is 30.6. The minimum absolute atomic E-state index is 0.372. The van der Waals surface area contributed by atoms with Crippen LogP contribution in [0.2, 0.25) is 10.0 Å². The van der Waals surface area contributed by atoms with Crippen molar-refractivity contribution in [2.24, 2.45) is 0 Å². The molecule has 0 atom stereocenters. The van der Waals surface area contributed by atoms with E-state index in [4.69, 9.17) is 28.2 Å². The lowest BCUT2D eigenvalue weighted by atomic mass is 10.0. The Morgan fingerprint density at radius 3 is 2.10 bits per heavy atom. The number of nitrogens with one attached hydrogen (secondary N) is 1. The summed E-state index contributed by atoms with van der Waals surface area (Å²) in [6, 6.07) is 28.7. The number of halogens is 3. The van der Waals surface area contributed by atoms with Gasteiger partial charge in [-0.1, -0.05) is 75.5 Å². The van der Waals surface area contributed by atoms with E-state index in [9.17, 15) is 13.5 Å². The fourth-order valence-corrected chi connectivity index (χ4v) is 6.42. The second-order valence-corrected chi connectivity index (χ2v) is 12.7. The number of rotatable bonds is 6. The molecule has 206 valence electrons. The quantitative estimate of drug-likeness (QED) is 0.193. The van der Waals surface area contributed by atoms with Crippen LogP contribution in [0.5, 0.6) is 0 Å². The zero-order valence-corrected chi connectivity index (χ0v) is 25.1. The van der Waals surface area contributed by atoms with Crippen molar-refractivity contribution in [1.82, 2.24) is 14.3 Å². The number of hydrogen-bond donors (Lipinski definition) is 2. The number of benzene rings is 4. The summed E-state index contributed by atoms with van der Waals surface area (Å²) >= 11 is 16.1. The molecule has 2 heterocycles. The highest BCUT2D eigenvalue weighted by Crippen LogP contribution is 2.32. The molecule has 1 aromatic heterocycles. The van der Waals surface area contributed by atoms with E-state index >= 15 is 0 Å². The van der Waals surface area contributed by atoms with Gasteiger partial charge in [0.25, 0.3) is 0 Å². The molecule has 4 aromatic carbocycles. The summed E-state index contributed by atoms with van der Waals surface area (Å²) in [6.07, 6.45) is 3.55. The van der Waals surface area contributed by atoms with Gasteiger partial charge < -0.3 is 9.67 Å². The lowest BCUT2D eigenvalue weighted by Gasteiger charge is -2.15. The number of anilines is 1. The van der Waals surface area contributed by atoms with Crippen LogP contribution >= 0.6 is 39.1 Å². The number of aliphatic hydroxyl groups excluding tert-OH is 1. The summed E-state index contributed by atoms with van der Waals surface area (Å²) in [4.78, 5) is 4.94. The maximum atomic E-state index is 12.3. The minimum Gasteiger partial charge on any atom is -0.493 e. The Hall–Kier alpha value is -3.76. The van der Waals surface area contributed by atoms with Crippen LogP contribution in [0.15, 0.2) is 114 Å². The lowest BCUT2D eigenvalue weighted by Crippen LogP contribution is -2.29. The predicted molar refractivity (Wildman–Crippen MR) is 167 cm³/mol. The topological polar surface area (TPSA) is 87.5 Å². The molecular weight excluding hydrogens is 647 g/mol. The third kappa shape index (κ3) is 5.71. The Balaban J connectivity index is 1.36. The zero-order valence-electron chi connectivity index (χ0n) is 21.2. The van der Waals surface area contributed by atoms with Crippen LogP contribution in [-0.4, -0.2) is 23.1 Å². The number of aliphatic hydroxyl groups is 1. The van der Waals surface area contributed by atoms with E-state index in [1.807, 2.05) is 33.7 Å². The van der Waals surface area contributed by atoms with Crippen molar-refractivity contribution in [3.63, 3.8) is 0 Å². The molecular formula is C30H21BrCl2N4O3S. The second-order valence-electron chi connectivity index (χ2n) is 9.35. The molecule has 7 nitrogen and oxygen atoms in total. The van der Waals surface area contributed by atoms with Crippen LogP contribution in [0.1, 0.15) is 11.4 Å². The summed E-state index contributed by atoms with van der Waals surface area (Å²) in [5.74, 6) is 0.324. The molecule has 0 unspecified atom stereocenters. The second kappa shape index (κ2) is 10.9. The maximum absolute atomic E-state index is 12.3. The Morgan fingerprint density at radius 1 is 0.854 bits per heavy atom. The van der Waals surface area contributed by atoms with Gasteiger partial charge in [-0.3, -0.25) is 0 Å². The molecule has 1 aliphatic heterocycles. The molecule has 0 fully saturated rings. The number of aromatic nitrogens is 2. The van der Waals surface area contributed by atoms with Crippen molar-refractivity contribution in [3.8, 4) is 28.1 Å². The predicted octanol–water partition coefficient (Wildman–Crippen LogP) is 7.88. The summed E-state index contributed by atoms with van der Waals surface area (Å²) in [6.45, 7) is 0. The monoisotopic (exact) mass is 666 g/mol. The van der Waals surface area contributed by atoms with Crippen LogP contribution in [0.3, 0.4) is 0 Å². The molecule has 0 saturated heterocycles. The zero-order chi connectivity index (χ0) is 28.7. The van der Waals surface area contributed by atoms with Crippen molar-refractivity contribution in [3.05, 3.63) is 135 Å². The van der Waals surface area contributed by atoms with Crippen molar-refractivity contribution < 1.29 is 13.5 Å². The molecule has 1 aliphatic rings. The van der Waals surface area contributed by atoms with Crippen molar-refractivity contribution in [1.29, 1.82) is 0 Å². The maximum Gasteiger partial charge on any atom is 0.330 e. The third-order valence-electron chi connectivity index (χ3n) is 6.59. The standard InChI is InChI=1S/C30H21BrCl2N4O3S/c31-22-7-5-21(6-8-22)20-3-1-19(2-4-20)15-29-34-28(26-14-9-23(32)16-27(26)33)17-36(29)24-10-12-25(13-11-24)37-18-30(38)35-41(37,39)40/h1-14,16-18,35,38H,15H2. The largest absolute Gasteiger partial charge is 0.493 e. The summed E-state index contributed by atoms with van der Waals surface area (Å²) in [5.41, 5.74) is 5.87. The Bertz CT molecular complexity index is 1890. The van der Waals surface area contributed by atoms with E-state index in [-0.39, 0.29) is 0 Å². The molecule has 5 aromatic rings. The van der Waals surface area contributed by atoms with Crippen LogP contribution in [0, 0.1) is 0 Å². The highest BCUT2D eigenvalue weighted by molar-refractivity contribution is 9.10. The first-order valence-corrected chi connectivity index (χ1v) is 15.4. The van der Waals surface area contributed by atoms with Gasteiger partial charge in [0, 0.05) is 33.4 Å². The van der Waals surface area contributed by atoms with Gasteiger partial charge in [-0.05, 0) is 71.3 Å². The van der Waals surface area contributed by atoms with E-state index in [1.165, 1.54) is 0 Å². The molecule has 2 N–H and O–H groups in total. The van der Waals surface area contributed by atoms with E-state index in [0.717, 1.165) is 48.7 Å². The molecule has 0 saturated carbocycles. The van der Waals surface area contributed by atoms with E-state index < -0.39 is 16.1 Å². The third-order valence-corrected chi connectivity index (χ3v) is 8.97. The number of nitrogens with zero attached hydrogens (tertiary/aromatic N) is 3. The SMILES string of the molecule is O=S1(=O)NC(O)=CN1c1ccc(-n2cc(-c3ccc(Cl)cc3Cl)nc2Cc2ccc(-c3ccc(Br)cc3)cc2)cc1.